The van der Waals surface area contributed by atoms with Gasteiger partial charge in [0.05, 0.1) is 24.8 Å². The van der Waals surface area contributed by atoms with E-state index in [-0.39, 0.29) is 29.9 Å². The summed E-state index contributed by atoms with van der Waals surface area (Å²) in [5.74, 6) is 0.609. The van der Waals surface area contributed by atoms with Gasteiger partial charge in [-0.05, 0) is 31.0 Å². The van der Waals surface area contributed by atoms with Crippen molar-refractivity contribution in [3.05, 3.63) is 23.8 Å². The molecule has 1 atom stereocenters. The number of hydrogen-bond acceptors (Lipinski definition) is 5. The molecule has 1 aromatic rings. The summed E-state index contributed by atoms with van der Waals surface area (Å²) < 4.78 is 5.81. The highest BCUT2D eigenvalue weighted by Gasteiger charge is 2.37. The van der Waals surface area contributed by atoms with Gasteiger partial charge in [0.25, 0.3) is 5.91 Å². The van der Waals surface area contributed by atoms with E-state index in [1.807, 2.05) is 18.0 Å². The Balaban J connectivity index is 1.63. The number of amides is 2. The van der Waals surface area contributed by atoms with Gasteiger partial charge in [0, 0.05) is 38.7 Å². The topological polar surface area (TPSA) is 82.1 Å². The van der Waals surface area contributed by atoms with Crippen molar-refractivity contribution < 1.29 is 19.4 Å². The molecule has 0 bridgehead atoms. The van der Waals surface area contributed by atoms with Crippen LogP contribution in [0.25, 0.3) is 0 Å². The van der Waals surface area contributed by atoms with Crippen LogP contribution in [0.3, 0.4) is 0 Å². The fourth-order valence-electron chi connectivity index (χ4n) is 3.64. The number of carbonyl (C=O) groups is 2. The first-order chi connectivity index (χ1) is 12.8. The van der Waals surface area contributed by atoms with Gasteiger partial charge in [-0.15, -0.1) is 0 Å². The summed E-state index contributed by atoms with van der Waals surface area (Å²) in [7, 11) is 5.36. The molecule has 1 aliphatic carbocycles. The van der Waals surface area contributed by atoms with E-state index in [1.165, 1.54) is 4.90 Å². The van der Waals surface area contributed by atoms with E-state index < -0.39 is 0 Å². The number of rotatable bonds is 6. The molecule has 0 spiro atoms. The number of fused-ring (bicyclic) bond motifs is 1. The lowest BCUT2D eigenvalue weighted by Gasteiger charge is -2.40. The van der Waals surface area contributed by atoms with Gasteiger partial charge in [0.15, 0.2) is 0 Å². The summed E-state index contributed by atoms with van der Waals surface area (Å²) in [6.07, 6.45) is 3.35. The van der Waals surface area contributed by atoms with Crippen molar-refractivity contribution in [2.75, 3.05) is 45.8 Å². The third-order valence-electron chi connectivity index (χ3n) is 5.80. The van der Waals surface area contributed by atoms with Crippen LogP contribution < -0.4 is 15.0 Å². The third-order valence-corrected chi connectivity index (χ3v) is 5.80. The predicted molar refractivity (Wildman–Crippen MR) is 103 cm³/mol. The molecule has 0 radical (unpaired) electrons. The van der Waals surface area contributed by atoms with E-state index in [1.54, 1.807) is 26.2 Å². The molecule has 0 unspecified atom stereocenters. The Morgan fingerprint density at radius 3 is 2.70 bits per heavy atom. The molecule has 7 nitrogen and oxygen atoms in total. The van der Waals surface area contributed by atoms with Gasteiger partial charge in [0.1, 0.15) is 12.4 Å². The first kappa shape index (κ1) is 19.5. The monoisotopic (exact) mass is 375 g/mol. The molecule has 7 heteroatoms. The molecule has 3 rings (SSSR count). The molecular weight excluding hydrogens is 346 g/mol. The molecule has 1 aromatic carbocycles. The highest BCUT2D eigenvalue weighted by atomic mass is 16.5. The van der Waals surface area contributed by atoms with Crippen molar-refractivity contribution in [1.82, 2.24) is 10.2 Å². The van der Waals surface area contributed by atoms with E-state index in [9.17, 15) is 14.7 Å². The lowest BCUT2D eigenvalue weighted by Crippen LogP contribution is -2.47. The number of likely N-dealkylation sites (N-methyl/N-ethyl adjacent to an activating group) is 1. The fraction of sp³-hybridized carbons (Fsp3) is 0.600. The average molecular weight is 375 g/mol. The van der Waals surface area contributed by atoms with E-state index in [2.05, 4.69) is 5.32 Å². The number of nitrogens with zero attached hydrogens (tertiary/aromatic N) is 2. The van der Waals surface area contributed by atoms with Crippen LogP contribution in [0.1, 0.15) is 36.0 Å². The van der Waals surface area contributed by atoms with Gasteiger partial charge in [-0.2, -0.15) is 0 Å². The number of ether oxygens (including phenoxy) is 1. The summed E-state index contributed by atoms with van der Waals surface area (Å²) in [5.41, 5.74) is 1.28. The van der Waals surface area contributed by atoms with Gasteiger partial charge in [-0.1, -0.05) is 6.42 Å². The van der Waals surface area contributed by atoms with Crippen LogP contribution in [0.5, 0.6) is 5.75 Å². The molecule has 1 aliphatic heterocycles. The number of aliphatic hydroxyl groups excluding tert-OH is 1. The zero-order chi connectivity index (χ0) is 19.6. The Kier molecular flexibility index (Phi) is 5.60. The average Bonchev–Trinajstić information content (AvgIpc) is 2.62. The Morgan fingerprint density at radius 1 is 1.37 bits per heavy atom. The van der Waals surface area contributed by atoms with Crippen LogP contribution in [-0.2, 0) is 4.79 Å². The maximum absolute atomic E-state index is 12.4. The first-order valence-corrected chi connectivity index (χ1v) is 9.44. The second-order valence-corrected chi connectivity index (χ2v) is 7.95. The maximum Gasteiger partial charge on any atom is 0.253 e. The first-order valence-electron chi connectivity index (χ1n) is 9.44. The molecule has 2 N–H and O–H groups in total. The zero-order valence-electron chi connectivity index (χ0n) is 16.3. The fourth-order valence-corrected chi connectivity index (χ4v) is 3.64. The van der Waals surface area contributed by atoms with Crippen molar-refractivity contribution in [3.63, 3.8) is 0 Å². The minimum atomic E-state index is -0.126. The molecule has 0 saturated heterocycles. The van der Waals surface area contributed by atoms with Crippen LogP contribution in [0.2, 0.25) is 0 Å². The lowest BCUT2D eigenvalue weighted by atomic mass is 9.69. The third kappa shape index (κ3) is 4.03. The molecule has 1 saturated carbocycles. The van der Waals surface area contributed by atoms with E-state index in [4.69, 9.17) is 4.74 Å². The smallest absolute Gasteiger partial charge is 0.253 e. The van der Waals surface area contributed by atoms with Gasteiger partial charge in [-0.3, -0.25) is 9.59 Å². The number of aliphatic hydroxyl groups is 1. The van der Waals surface area contributed by atoms with Crippen molar-refractivity contribution in [2.24, 2.45) is 5.41 Å². The van der Waals surface area contributed by atoms with Crippen molar-refractivity contribution in [1.29, 1.82) is 0 Å². The summed E-state index contributed by atoms with van der Waals surface area (Å²) in [6, 6.07) is 5.28. The Morgan fingerprint density at radius 2 is 2.11 bits per heavy atom. The van der Waals surface area contributed by atoms with Gasteiger partial charge in [0.2, 0.25) is 5.91 Å². The minimum absolute atomic E-state index is 0.0425. The molecule has 2 aliphatic rings. The predicted octanol–water partition coefficient (Wildman–Crippen LogP) is 1.25. The van der Waals surface area contributed by atoms with Crippen molar-refractivity contribution in [3.8, 4) is 5.75 Å². The number of benzene rings is 1. The molecule has 1 heterocycles. The SMILES string of the molecule is CN(C)C(=O)c1ccc2c(c1)N(C)[C@H](CC(=O)NCC1(CO)CCC1)CO2. The highest BCUT2D eigenvalue weighted by molar-refractivity contribution is 5.95. The lowest BCUT2D eigenvalue weighted by molar-refractivity contribution is -0.122. The van der Waals surface area contributed by atoms with Crippen LogP contribution >= 0.6 is 0 Å². The summed E-state index contributed by atoms with van der Waals surface area (Å²) in [6.45, 7) is 1.07. The second-order valence-electron chi connectivity index (χ2n) is 7.95. The van der Waals surface area contributed by atoms with Gasteiger partial charge in [-0.25, -0.2) is 0 Å². The second kappa shape index (κ2) is 7.76. The molecule has 0 aromatic heterocycles. The normalized spacial score (nSPS) is 20.1. The number of hydrogen-bond donors (Lipinski definition) is 2. The summed E-state index contributed by atoms with van der Waals surface area (Å²) in [5, 5.41) is 12.5. The molecule has 2 amide bonds. The minimum Gasteiger partial charge on any atom is -0.489 e. The number of carbonyl (C=O) groups excluding carboxylic acids is 2. The van der Waals surface area contributed by atoms with Crippen LogP contribution in [-0.4, -0.2) is 68.8 Å². The van der Waals surface area contributed by atoms with Crippen LogP contribution in [0.4, 0.5) is 5.69 Å². The van der Waals surface area contributed by atoms with Crippen LogP contribution in [0.15, 0.2) is 18.2 Å². The van der Waals surface area contributed by atoms with E-state index >= 15 is 0 Å². The van der Waals surface area contributed by atoms with E-state index in [0.717, 1.165) is 30.7 Å². The zero-order valence-corrected chi connectivity index (χ0v) is 16.3. The number of nitrogens with one attached hydrogen (secondary N) is 1. The van der Waals surface area contributed by atoms with Gasteiger partial charge < -0.3 is 25.0 Å². The standard InChI is InChI=1S/C20H29N3O4/c1-22(2)19(26)14-5-6-17-16(9-14)23(3)15(11-27-17)10-18(25)21-12-20(13-24)7-4-8-20/h5-6,9,15,24H,4,7-8,10-13H2,1-3H3,(H,21,25)/t15-/m1/s1. The molecular formula is C20H29N3O4. The van der Waals surface area contributed by atoms with E-state index in [0.29, 0.717) is 25.1 Å². The maximum atomic E-state index is 12.4. The largest absolute Gasteiger partial charge is 0.489 e. The van der Waals surface area contributed by atoms with Crippen LogP contribution in [0, 0.1) is 5.41 Å². The Labute approximate surface area is 160 Å². The summed E-state index contributed by atoms with van der Waals surface area (Å²) >= 11 is 0. The van der Waals surface area contributed by atoms with Crippen molar-refractivity contribution in [2.45, 2.75) is 31.7 Å². The number of anilines is 1. The molecule has 148 valence electrons. The van der Waals surface area contributed by atoms with Gasteiger partial charge >= 0.3 is 0 Å². The quantitative estimate of drug-likeness (QED) is 0.782. The van der Waals surface area contributed by atoms with Crippen molar-refractivity contribution >= 4 is 17.5 Å². The molecule has 1 fully saturated rings. The summed E-state index contributed by atoms with van der Waals surface area (Å²) in [4.78, 5) is 28.2. The molecule has 27 heavy (non-hydrogen) atoms. The Bertz CT molecular complexity index is 710. The highest BCUT2D eigenvalue weighted by Crippen LogP contribution is 2.39. The Hall–Kier alpha value is -2.28.